The summed E-state index contributed by atoms with van der Waals surface area (Å²) in [6.07, 6.45) is 0. The summed E-state index contributed by atoms with van der Waals surface area (Å²) < 4.78 is 5.76. The third kappa shape index (κ3) is 4.09. The zero-order valence-corrected chi connectivity index (χ0v) is 14.0. The molecule has 0 heterocycles. The summed E-state index contributed by atoms with van der Waals surface area (Å²) in [4.78, 5) is 0. The normalized spacial score (nSPS) is 10.4. The van der Waals surface area contributed by atoms with E-state index in [1.165, 1.54) is 7.05 Å². The van der Waals surface area contributed by atoms with Crippen LogP contribution in [0.2, 0.25) is 0 Å². The van der Waals surface area contributed by atoms with Gasteiger partial charge in [0.1, 0.15) is 11.5 Å². The number of ether oxygens (including phenoxy) is 1. The Morgan fingerprint density at radius 1 is 0.720 bits per heavy atom. The molecule has 0 fully saturated rings. The molecule has 25 heavy (non-hydrogen) atoms. The summed E-state index contributed by atoms with van der Waals surface area (Å²) >= 11 is 0. The molecule has 0 aliphatic rings. The maximum absolute atomic E-state index is 12.5. The molecule has 0 aliphatic heterocycles. The van der Waals surface area contributed by atoms with E-state index in [4.69, 9.17) is 4.74 Å². The number of aryl methyl sites for hydroxylation is 1. The van der Waals surface area contributed by atoms with E-state index in [1.54, 1.807) is 48.5 Å². The molecule has 0 saturated heterocycles. The first-order chi connectivity index (χ1) is 12.0. The van der Waals surface area contributed by atoms with Gasteiger partial charge in [0.2, 0.25) is 0 Å². The summed E-state index contributed by atoms with van der Waals surface area (Å²) in [6.45, 7) is 2.01. The van der Waals surface area contributed by atoms with Crippen molar-refractivity contribution in [3.05, 3.63) is 88.8 Å². The number of hydroxylamine groups is 1. The second-order valence-corrected chi connectivity index (χ2v) is 5.72. The first-order valence-electron chi connectivity index (χ1n) is 7.86. The molecule has 0 aromatic heterocycles. The average Bonchev–Trinajstić information content (AvgIpc) is 2.64. The van der Waals surface area contributed by atoms with Gasteiger partial charge in [0.15, 0.2) is 0 Å². The molecule has 0 aliphatic carbocycles. The lowest BCUT2D eigenvalue weighted by Crippen LogP contribution is -2.09. The number of benzene rings is 3. The van der Waals surface area contributed by atoms with Crippen LogP contribution in [0.25, 0.3) is 0 Å². The minimum atomic E-state index is 0.396. The molecule has 0 saturated carbocycles. The first kappa shape index (κ1) is 16.8. The lowest BCUT2D eigenvalue weighted by molar-refractivity contribution is 0.482. The van der Waals surface area contributed by atoms with Gasteiger partial charge in [0.25, 0.3) is 0 Å². The molecule has 3 aromatic rings. The number of hydrogen-bond acceptors (Lipinski definition) is 5. The van der Waals surface area contributed by atoms with Crippen LogP contribution in [0.4, 0.5) is 17.1 Å². The van der Waals surface area contributed by atoms with Gasteiger partial charge in [0, 0.05) is 17.1 Å². The van der Waals surface area contributed by atoms with Gasteiger partial charge in [-0.15, -0.1) is 0 Å². The van der Waals surface area contributed by atoms with Crippen LogP contribution >= 0.6 is 0 Å². The maximum atomic E-state index is 12.5. The molecule has 0 radical (unpaired) electrons. The van der Waals surface area contributed by atoms with Crippen molar-refractivity contribution in [3.63, 3.8) is 0 Å². The quantitative estimate of drug-likeness (QED) is 0.588. The molecule has 0 unspecified atom stereocenters. The van der Waals surface area contributed by atoms with Crippen molar-refractivity contribution in [2.45, 2.75) is 6.92 Å². The van der Waals surface area contributed by atoms with Gasteiger partial charge < -0.3 is 25.3 Å². The van der Waals surface area contributed by atoms with Gasteiger partial charge in [-0.1, -0.05) is 23.8 Å². The second kappa shape index (κ2) is 7.25. The summed E-state index contributed by atoms with van der Waals surface area (Å²) in [7, 11) is 1.39. The molecule has 5 nitrogen and oxygen atoms in total. The molecule has 3 aromatic carbocycles. The largest absolute Gasteiger partial charge is 0.758 e. The van der Waals surface area contributed by atoms with Crippen molar-refractivity contribution in [1.29, 1.82) is 0 Å². The van der Waals surface area contributed by atoms with Gasteiger partial charge in [0.05, 0.1) is 0 Å². The van der Waals surface area contributed by atoms with E-state index >= 15 is 0 Å². The standard InChI is InChI=1S/C20H18N2O3/c1-15-6-10-19(11-7-15)25-20-12-8-16(9-13-20)22(24)18-5-3-4-17(14-18)21(2)23/h3-14H,1-2H3/q-2. The topological polar surface area (TPSA) is 61.8 Å². The smallest absolute Gasteiger partial charge is 0.127 e. The zero-order chi connectivity index (χ0) is 17.8. The molecule has 0 spiro atoms. The highest BCUT2D eigenvalue weighted by Crippen LogP contribution is 2.30. The van der Waals surface area contributed by atoms with E-state index < -0.39 is 0 Å². The van der Waals surface area contributed by atoms with Gasteiger partial charge in [-0.05, 0) is 68.6 Å². The number of nitrogens with zero attached hydrogens (tertiary/aromatic N) is 2. The molecule has 128 valence electrons. The Morgan fingerprint density at radius 2 is 1.28 bits per heavy atom. The molecule has 0 atom stereocenters. The monoisotopic (exact) mass is 334 g/mol. The van der Waals surface area contributed by atoms with E-state index in [1.807, 2.05) is 31.2 Å². The second-order valence-electron chi connectivity index (χ2n) is 5.72. The average molecular weight is 334 g/mol. The Labute approximate surface area is 146 Å². The van der Waals surface area contributed by atoms with Crippen LogP contribution in [-0.4, -0.2) is 7.05 Å². The van der Waals surface area contributed by atoms with Crippen LogP contribution in [0.1, 0.15) is 5.56 Å². The van der Waals surface area contributed by atoms with Crippen LogP contribution in [0.3, 0.4) is 0 Å². The van der Waals surface area contributed by atoms with Gasteiger partial charge >= 0.3 is 0 Å². The van der Waals surface area contributed by atoms with Crippen molar-refractivity contribution >= 4 is 17.1 Å². The lowest BCUT2D eigenvalue weighted by atomic mass is 10.2. The highest BCUT2D eigenvalue weighted by molar-refractivity contribution is 5.68. The minimum absolute atomic E-state index is 0.396. The summed E-state index contributed by atoms with van der Waals surface area (Å²) in [5, 5.41) is 25.4. The van der Waals surface area contributed by atoms with Crippen molar-refractivity contribution in [2.24, 2.45) is 0 Å². The van der Waals surface area contributed by atoms with Crippen LogP contribution < -0.4 is 14.9 Å². The highest BCUT2D eigenvalue weighted by atomic mass is 16.5. The number of anilines is 3. The number of hydrogen-bond donors (Lipinski definition) is 0. The Morgan fingerprint density at radius 3 is 1.88 bits per heavy atom. The molecule has 0 bridgehead atoms. The minimum Gasteiger partial charge on any atom is -0.758 e. The third-order valence-electron chi connectivity index (χ3n) is 3.76. The fourth-order valence-electron chi connectivity index (χ4n) is 2.36. The van der Waals surface area contributed by atoms with Gasteiger partial charge in [-0.3, -0.25) is 0 Å². The first-order valence-corrected chi connectivity index (χ1v) is 7.86. The Balaban J connectivity index is 1.75. The zero-order valence-electron chi connectivity index (χ0n) is 14.0. The maximum Gasteiger partial charge on any atom is 0.127 e. The Bertz CT molecular complexity index is 830. The SMILES string of the molecule is Cc1ccc(Oc2ccc(N([O-])c3cccc(N(C)[O-])c3)cc2)cc1. The Kier molecular flexibility index (Phi) is 4.88. The van der Waals surface area contributed by atoms with Crippen LogP contribution in [0.15, 0.2) is 72.8 Å². The van der Waals surface area contributed by atoms with Crippen molar-refractivity contribution in [1.82, 2.24) is 0 Å². The highest BCUT2D eigenvalue weighted by Gasteiger charge is 2.02. The molecular formula is C20H18N2O3-2. The predicted molar refractivity (Wildman–Crippen MR) is 101 cm³/mol. The predicted octanol–water partition coefficient (Wildman–Crippen LogP) is 5.36. The molecule has 0 N–H and O–H groups in total. The van der Waals surface area contributed by atoms with E-state index in [0.29, 0.717) is 22.8 Å². The van der Waals surface area contributed by atoms with E-state index in [9.17, 15) is 10.4 Å². The van der Waals surface area contributed by atoms with E-state index in [-0.39, 0.29) is 0 Å². The fraction of sp³-hybridized carbons (Fsp3) is 0.100. The third-order valence-corrected chi connectivity index (χ3v) is 3.76. The van der Waals surface area contributed by atoms with Gasteiger partial charge in [-0.25, -0.2) is 0 Å². The van der Waals surface area contributed by atoms with Crippen LogP contribution in [-0.2, 0) is 0 Å². The summed E-state index contributed by atoms with van der Waals surface area (Å²) in [6, 6.07) is 21.1. The Hall–Kier alpha value is -3.02. The van der Waals surface area contributed by atoms with Gasteiger partial charge in [-0.2, -0.15) is 0 Å². The summed E-state index contributed by atoms with van der Waals surface area (Å²) in [5.74, 6) is 1.39. The van der Waals surface area contributed by atoms with E-state index in [2.05, 4.69) is 0 Å². The van der Waals surface area contributed by atoms with Crippen LogP contribution in [0, 0.1) is 17.3 Å². The summed E-state index contributed by atoms with van der Waals surface area (Å²) in [5.41, 5.74) is 2.45. The number of rotatable bonds is 5. The van der Waals surface area contributed by atoms with Crippen molar-refractivity contribution in [2.75, 3.05) is 17.2 Å². The van der Waals surface area contributed by atoms with Crippen LogP contribution in [0.5, 0.6) is 11.5 Å². The molecule has 0 amide bonds. The van der Waals surface area contributed by atoms with Crippen molar-refractivity contribution in [3.8, 4) is 11.5 Å². The van der Waals surface area contributed by atoms with Crippen molar-refractivity contribution < 1.29 is 4.74 Å². The molecular weight excluding hydrogens is 316 g/mol. The fourth-order valence-corrected chi connectivity index (χ4v) is 2.36. The molecule has 5 heteroatoms. The van der Waals surface area contributed by atoms with E-state index in [0.717, 1.165) is 21.4 Å². The molecule has 3 rings (SSSR count). The lowest BCUT2D eigenvalue weighted by Gasteiger charge is -2.33.